The van der Waals surface area contributed by atoms with Crippen molar-refractivity contribution in [1.29, 1.82) is 0 Å². The Kier molecular flexibility index (Phi) is 6.04. The van der Waals surface area contributed by atoms with Crippen molar-refractivity contribution < 1.29 is 13.9 Å². The molecule has 3 heterocycles. The minimum absolute atomic E-state index is 0.00195. The van der Waals surface area contributed by atoms with Gasteiger partial charge < -0.3 is 15.0 Å². The van der Waals surface area contributed by atoms with E-state index in [4.69, 9.17) is 9.84 Å². The number of fused-ring (bicyclic) bond motifs is 1. The lowest BCUT2D eigenvalue weighted by atomic mass is 9.86. The molecule has 6 rings (SSSR count). The molecule has 3 aliphatic rings. The van der Waals surface area contributed by atoms with Crippen LogP contribution in [0.5, 0.6) is 0 Å². The standard InChI is InChI=1S/C28H25BrFN5O2/c1-28-12-10-18(14-24(28)31-17-32-28)11-13-34-25(36)16-37-27(34)23-15-35(22-8-4-20(29)5-9-22)33-26(23)19-2-6-21(30)7-3-19/h2-10,12,14-15,17,24,27H,11,13,16H2,1H3,(H,31,32). The van der Waals surface area contributed by atoms with Gasteiger partial charge in [-0.3, -0.25) is 9.79 Å². The number of ether oxygens (including phenoxy) is 1. The fourth-order valence-corrected chi connectivity index (χ4v) is 5.17. The lowest BCUT2D eigenvalue weighted by molar-refractivity contribution is -0.128. The number of benzene rings is 2. The maximum absolute atomic E-state index is 13.7. The summed E-state index contributed by atoms with van der Waals surface area (Å²) >= 11 is 3.47. The molecule has 2 aromatic carbocycles. The third kappa shape index (κ3) is 4.53. The number of nitrogens with one attached hydrogen (secondary N) is 1. The van der Waals surface area contributed by atoms with Crippen LogP contribution < -0.4 is 5.32 Å². The normalized spacial score (nSPS) is 24.4. The second-order valence-electron chi connectivity index (χ2n) is 9.56. The summed E-state index contributed by atoms with van der Waals surface area (Å²) in [5.74, 6) is -0.391. The molecule has 1 fully saturated rings. The minimum Gasteiger partial charge on any atom is -0.367 e. The first-order valence-corrected chi connectivity index (χ1v) is 12.9. The number of halogens is 2. The van der Waals surface area contributed by atoms with Crippen molar-refractivity contribution in [2.24, 2.45) is 4.99 Å². The molecule has 9 heteroatoms. The molecule has 3 aromatic rings. The molecular weight excluding hydrogens is 537 g/mol. The molecule has 37 heavy (non-hydrogen) atoms. The largest absolute Gasteiger partial charge is 0.367 e. The van der Waals surface area contributed by atoms with Crippen LogP contribution in [0.4, 0.5) is 4.39 Å². The SMILES string of the molecule is CC12C=CC(CCN3C(=O)COC3c3cn(-c4ccc(Br)cc4)nc3-c3ccc(F)cc3)=CC1NC=N2. The van der Waals surface area contributed by atoms with Gasteiger partial charge in [-0.15, -0.1) is 0 Å². The van der Waals surface area contributed by atoms with Crippen LogP contribution in [0.2, 0.25) is 0 Å². The van der Waals surface area contributed by atoms with Crippen LogP contribution in [-0.4, -0.2) is 51.7 Å². The van der Waals surface area contributed by atoms with E-state index in [2.05, 4.69) is 51.4 Å². The van der Waals surface area contributed by atoms with Crippen LogP contribution in [-0.2, 0) is 9.53 Å². The number of amides is 1. The second kappa shape index (κ2) is 9.39. The minimum atomic E-state index is -0.594. The zero-order valence-electron chi connectivity index (χ0n) is 20.1. The Morgan fingerprint density at radius 2 is 1.97 bits per heavy atom. The van der Waals surface area contributed by atoms with Gasteiger partial charge in [0.05, 0.1) is 18.1 Å². The number of carbonyl (C=O) groups excluding carboxylic acids is 1. The lowest BCUT2D eigenvalue weighted by Crippen LogP contribution is -2.40. The Morgan fingerprint density at radius 3 is 2.76 bits per heavy atom. The Morgan fingerprint density at radius 1 is 1.19 bits per heavy atom. The van der Waals surface area contributed by atoms with Gasteiger partial charge in [0.1, 0.15) is 23.7 Å². The maximum atomic E-state index is 13.7. The predicted molar refractivity (Wildman–Crippen MR) is 143 cm³/mol. The van der Waals surface area contributed by atoms with Gasteiger partial charge in [0.25, 0.3) is 5.91 Å². The quantitative estimate of drug-likeness (QED) is 0.462. The van der Waals surface area contributed by atoms with E-state index in [0.29, 0.717) is 18.7 Å². The van der Waals surface area contributed by atoms with E-state index in [1.54, 1.807) is 28.1 Å². The molecule has 188 valence electrons. The van der Waals surface area contributed by atoms with Crippen molar-refractivity contribution in [3.63, 3.8) is 0 Å². The summed E-state index contributed by atoms with van der Waals surface area (Å²) in [6, 6.07) is 14.1. The van der Waals surface area contributed by atoms with Crippen molar-refractivity contribution in [3.8, 4) is 16.9 Å². The summed E-state index contributed by atoms with van der Waals surface area (Å²) in [7, 11) is 0. The van der Waals surface area contributed by atoms with Crippen LogP contribution in [0.1, 0.15) is 25.1 Å². The number of aromatic nitrogens is 2. The topological polar surface area (TPSA) is 71.8 Å². The number of allylic oxidation sites excluding steroid dienone is 1. The smallest absolute Gasteiger partial charge is 0.250 e. The van der Waals surface area contributed by atoms with Gasteiger partial charge >= 0.3 is 0 Å². The molecule has 0 spiro atoms. The highest BCUT2D eigenvalue weighted by Crippen LogP contribution is 2.36. The van der Waals surface area contributed by atoms with E-state index in [-0.39, 0.29) is 29.9 Å². The molecule has 1 N–H and O–H groups in total. The number of aliphatic imine (C=N–C) groups is 1. The van der Waals surface area contributed by atoms with Gasteiger partial charge in [0.15, 0.2) is 6.23 Å². The molecule has 7 nitrogen and oxygen atoms in total. The average Bonchev–Trinajstić information content (AvgIpc) is 3.60. The molecule has 0 radical (unpaired) electrons. The highest BCUT2D eigenvalue weighted by molar-refractivity contribution is 9.10. The third-order valence-electron chi connectivity index (χ3n) is 7.07. The van der Waals surface area contributed by atoms with Crippen molar-refractivity contribution in [1.82, 2.24) is 20.0 Å². The summed E-state index contributed by atoms with van der Waals surface area (Å²) in [6.45, 7) is 2.59. The number of hydrogen-bond donors (Lipinski definition) is 1. The molecule has 1 saturated heterocycles. The third-order valence-corrected chi connectivity index (χ3v) is 7.60. The van der Waals surface area contributed by atoms with E-state index in [0.717, 1.165) is 26.9 Å². The maximum Gasteiger partial charge on any atom is 0.250 e. The molecule has 1 aliphatic carbocycles. The van der Waals surface area contributed by atoms with E-state index >= 15 is 0 Å². The van der Waals surface area contributed by atoms with Gasteiger partial charge in [0, 0.05) is 28.3 Å². The van der Waals surface area contributed by atoms with E-state index in [1.165, 1.54) is 12.1 Å². The fraction of sp³-hybridized carbons (Fsp3) is 0.250. The number of carbonyl (C=O) groups is 1. The first kappa shape index (κ1) is 23.8. The molecule has 3 atom stereocenters. The molecular formula is C28H25BrFN5O2. The molecule has 0 bridgehead atoms. The van der Waals surface area contributed by atoms with Gasteiger partial charge in [0.2, 0.25) is 0 Å². The lowest BCUT2D eigenvalue weighted by Gasteiger charge is -2.28. The van der Waals surface area contributed by atoms with Crippen LogP contribution in [0, 0.1) is 5.82 Å². The van der Waals surface area contributed by atoms with Gasteiger partial charge in [-0.1, -0.05) is 34.2 Å². The fourth-order valence-electron chi connectivity index (χ4n) is 4.91. The zero-order chi connectivity index (χ0) is 25.6. The summed E-state index contributed by atoms with van der Waals surface area (Å²) in [4.78, 5) is 19.2. The van der Waals surface area contributed by atoms with Crippen molar-refractivity contribution in [3.05, 3.63) is 94.4 Å². The van der Waals surface area contributed by atoms with Gasteiger partial charge in [-0.2, -0.15) is 5.10 Å². The Labute approximate surface area is 222 Å². The van der Waals surface area contributed by atoms with E-state index in [9.17, 15) is 9.18 Å². The average molecular weight is 562 g/mol. The number of hydrogen-bond acceptors (Lipinski definition) is 5. The Bertz CT molecular complexity index is 1430. The van der Waals surface area contributed by atoms with E-state index < -0.39 is 6.23 Å². The first-order valence-electron chi connectivity index (χ1n) is 12.1. The monoisotopic (exact) mass is 561 g/mol. The number of rotatable bonds is 6. The highest BCUT2D eigenvalue weighted by Gasteiger charge is 2.38. The van der Waals surface area contributed by atoms with Crippen LogP contribution in [0.3, 0.4) is 0 Å². The van der Waals surface area contributed by atoms with Crippen molar-refractivity contribution >= 4 is 28.2 Å². The molecule has 3 unspecified atom stereocenters. The van der Waals surface area contributed by atoms with Crippen LogP contribution in [0.15, 0.2) is 88.0 Å². The van der Waals surface area contributed by atoms with E-state index in [1.807, 2.05) is 30.5 Å². The molecule has 1 aromatic heterocycles. The Balaban J connectivity index is 1.30. The molecule has 0 saturated carbocycles. The number of nitrogens with zero attached hydrogens (tertiary/aromatic N) is 4. The van der Waals surface area contributed by atoms with Gasteiger partial charge in [-0.25, -0.2) is 9.07 Å². The summed E-state index contributed by atoms with van der Waals surface area (Å²) in [5, 5.41) is 8.11. The summed E-state index contributed by atoms with van der Waals surface area (Å²) in [6.07, 6.45) is 10.1. The molecule has 1 amide bonds. The van der Waals surface area contributed by atoms with Crippen LogP contribution in [0.25, 0.3) is 16.9 Å². The predicted octanol–water partition coefficient (Wildman–Crippen LogP) is 4.94. The highest BCUT2D eigenvalue weighted by atomic mass is 79.9. The Hall–Kier alpha value is -3.56. The van der Waals surface area contributed by atoms with Gasteiger partial charge in [-0.05, 0) is 67.4 Å². The molecule has 2 aliphatic heterocycles. The van der Waals surface area contributed by atoms with Crippen molar-refractivity contribution in [2.75, 3.05) is 13.2 Å². The van der Waals surface area contributed by atoms with Crippen LogP contribution >= 0.6 is 15.9 Å². The summed E-state index contributed by atoms with van der Waals surface area (Å²) < 4.78 is 22.4. The first-order chi connectivity index (χ1) is 17.9. The zero-order valence-corrected chi connectivity index (χ0v) is 21.7. The second-order valence-corrected chi connectivity index (χ2v) is 10.5. The van der Waals surface area contributed by atoms with Crippen molar-refractivity contribution in [2.45, 2.75) is 31.2 Å². The summed E-state index contributed by atoms with van der Waals surface area (Å²) in [5.41, 5.74) is 3.90.